The number of ether oxygens (including phenoxy) is 2. The molecule has 7 heteroatoms. The minimum atomic E-state index is -0.182. The Kier molecular flexibility index (Phi) is 6.57. The second-order valence-electron chi connectivity index (χ2n) is 8.38. The number of amides is 2. The van der Waals surface area contributed by atoms with Crippen LogP contribution >= 0.6 is 0 Å². The van der Waals surface area contributed by atoms with E-state index in [2.05, 4.69) is 10.3 Å². The molecule has 1 atom stereocenters. The first-order chi connectivity index (χ1) is 14.6. The van der Waals surface area contributed by atoms with Crippen molar-refractivity contribution < 1.29 is 14.3 Å². The second kappa shape index (κ2) is 9.51. The van der Waals surface area contributed by atoms with E-state index in [4.69, 9.17) is 9.47 Å². The van der Waals surface area contributed by atoms with Crippen LogP contribution in [0.15, 0.2) is 29.1 Å². The van der Waals surface area contributed by atoms with Crippen LogP contribution in [0.1, 0.15) is 50.5 Å². The summed E-state index contributed by atoms with van der Waals surface area (Å²) in [5, 5.41) is 4.10. The van der Waals surface area contributed by atoms with Gasteiger partial charge in [-0.3, -0.25) is 4.79 Å². The lowest BCUT2D eigenvalue weighted by Gasteiger charge is -2.29. The Balaban J connectivity index is 1.54. The van der Waals surface area contributed by atoms with E-state index in [9.17, 15) is 9.59 Å². The molecule has 1 aromatic heterocycles. The molecule has 1 saturated carbocycles. The summed E-state index contributed by atoms with van der Waals surface area (Å²) in [5.41, 5.74) is 1.11. The molecule has 7 nitrogen and oxygen atoms in total. The molecule has 0 spiro atoms. The van der Waals surface area contributed by atoms with Crippen molar-refractivity contribution in [2.45, 2.75) is 63.6 Å². The molecule has 2 aliphatic rings. The number of methoxy groups -OCH3 is 1. The van der Waals surface area contributed by atoms with Gasteiger partial charge >= 0.3 is 6.03 Å². The van der Waals surface area contributed by atoms with Crippen molar-refractivity contribution in [1.82, 2.24) is 15.2 Å². The van der Waals surface area contributed by atoms with Crippen LogP contribution in [0.3, 0.4) is 0 Å². The SMILES string of the molecule is COc1ccc2cc(CN(CC3CCCO3)C(=O)NC3CCCCC3)c(=O)[nH]c2c1. The average molecular weight is 414 g/mol. The molecule has 2 heterocycles. The minimum Gasteiger partial charge on any atom is -0.497 e. The van der Waals surface area contributed by atoms with Crippen LogP contribution < -0.4 is 15.6 Å². The third-order valence-corrected chi connectivity index (χ3v) is 6.16. The summed E-state index contributed by atoms with van der Waals surface area (Å²) in [5.74, 6) is 0.692. The number of aromatic nitrogens is 1. The Morgan fingerprint density at radius 2 is 2.03 bits per heavy atom. The number of carbonyl (C=O) groups excluding carboxylic acids is 1. The Hall–Kier alpha value is -2.54. The van der Waals surface area contributed by atoms with Crippen molar-refractivity contribution in [3.8, 4) is 5.75 Å². The fourth-order valence-corrected chi connectivity index (χ4v) is 4.44. The van der Waals surface area contributed by atoms with E-state index in [0.717, 1.165) is 56.0 Å². The highest BCUT2D eigenvalue weighted by Gasteiger charge is 2.25. The van der Waals surface area contributed by atoms with E-state index in [1.54, 1.807) is 18.1 Å². The number of carbonyl (C=O) groups is 1. The van der Waals surface area contributed by atoms with Crippen LogP contribution in [0.5, 0.6) is 5.75 Å². The van der Waals surface area contributed by atoms with Gasteiger partial charge in [0.15, 0.2) is 0 Å². The first-order valence-corrected chi connectivity index (χ1v) is 11.0. The molecule has 2 aromatic rings. The quantitative estimate of drug-likeness (QED) is 0.758. The Labute approximate surface area is 176 Å². The van der Waals surface area contributed by atoms with E-state index in [-0.39, 0.29) is 30.3 Å². The van der Waals surface area contributed by atoms with Crippen LogP contribution in [0, 0.1) is 0 Å². The summed E-state index contributed by atoms with van der Waals surface area (Å²) in [6, 6.07) is 7.57. The number of benzene rings is 1. The maximum absolute atomic E-state index is 13.1. The normalized spacial score (nSPS) is 19.7. The van der Waals surface area contributed by atoms with Gasteiger partial charge < -0.3 is 24.7 Å². The fraction of sp³-hybridized carbons (Fsp3) is 0.565. The zero-order chi connectivity index (χ0) is 20.9. The predicted octanol–water partition coefficient (Wildman–Crippen LogP) is 3.56. The maximum Gasteiger partial charge on any atom is 0.318 e. The lowest BCUT2D eigenvalue weighted by molar-refractivity contribution is 0.0784. The van der Waals surface area contributed by atoms with Crippen molar-refractivity contribution >= 4 is 16.9 Å². The van der Waals surface area contributed by atoms with Crippen LogP contribution in [0.25, 0.3) is 10.9 Å². The van der Waals surface area contributed by atoms with Gasteiger partial charge in [-0.15, -0.1) is 0 Å². The van der Waals surface area contributed by atoms with E-state index in [0.29, 0.717) is 17.9 Å². The first kappa shape index (κ1) is 20.7. The summed E-state index contributed by atoms with van der Waals surface area (Å²) >= 11 is 0. The summed E-state index contributed by atoms with van der Waals surface area (Å²) < 4.78 is 11.0. The predicted molar refractivity (Wildman–Crippen MR) is 116 cm³/mol. The molecule has 2 amide bonds. The Morgan fingerprint density at radius 1 is 1.20 bits per heavy atom. The number of urea groups is 1. The zero-order valence-corrected chi connectivity index (χ0v) is 17.6. The van der Waals surface area contributed by atoms with Crippen molar-refractivity contribution in [2.75, 3.05) is 20.3 Å². The van der Waals surface area contributed by atoms with Crippen molar-refractivity contribution in [3.05, 3.63) is 40.2 Å². The number of rotatable bonds is 6. The highest BCUT2D eigenvalue weighted by molar-refractivity contribution is 5.80. The molecule has 4 rings (SSSR count). The van der Waals surface area contributed by atoms with Gasteiger partial charge in [-0.1, -0.05) is 19.3 Å². The van der Waals surface area contributed by atoms with Gasteiger partial charge in [-0.25, -0.2) is 4.79 Å². The lowest BCUT2D eigenvalue weighted by atomic mass is 9.96. The minimum absolute atomic E-state index is 0.0332. The molecule has 1 aliphatic heterocycles. The molecule has 2 N–H and O–H groups in total. The van der Waals surface area contributed by atoms with E-state index in [1.807, 2.05) is 18.2 Å². The van der Waals surface area contributed by atoms with Crippen LogP contribution in [0.4, 0.5) is 4.79 Å². The summed E-state index contributed by atoms with van der Waals surface area (Å²) in [6.45, 7) is 1.50. The van der Waals surface area contributed by atoms with E-state index >= 15 is 0 Å². The molecule has 1 unspecified atom stereocenters. The molecule has 30 heavy (non-hydrogen) atoms. The van der Waals surface area contributed by atoms with Gasteiger partial charge in [-0.05, 0) is 49.3 Å². The Morgan fingerprint density at radius 3 is 2.77 bits per heavy atom. The number of pyridine rings is 1. The molecule has 0 bridgehead atoms. The number of H-pyrrole nitrogens is 1. The molecule has 1 aliphatic carbocycles. The van der Waals surface area contributed by atoms with Crippen LogP contribution in [-0.4, -0.2) is 48.3 Å². The summed E-state index contributed by atoms with van der Waals surface area (Å²) in [4.78, 5) is 30.5. The third-order valence-electron chi connectivity index (χ3n) is 6.16. The number of fused-ring (bicyclic) bond motifs is 1. The molecular formula is C23H31N3O4. The van der Waals surface area contributed by atoms with Gasteiger partial charge in [0.05, 0.1) is 25.3 Å². The highest BCUT2D eigenvalue weighted by atomic mass is 16.5. The number of hydrogen-bond donors (Lipinski definition) is 2. The topological polar surface area (TPSA) is 83.7 Å². The number of nitrogens with one attached hydrogen (secondary N) is 2. The fourth-order valence-electron chi connectivity index (χ4n) is 4.44. The molecule has 1 saturated heterocycles. The number of nitrogens with zero attached hydrogens (tertiary/aromatic N) is 1. The van der Waals surface area contributed by atoms with Crippen molar-refractivity contribution in [3.63, 3.8) is 0 Å². The van der Waals surface area contributed by atoms with Gasteiger partial charge in [0.1, 0.15) is 5.75 Å². The summed E-state index contributed by atoms with van der Waals surface area (Å²) in [6.07, 6.45) is 7.60. The molecule has 0 radical (unpaired) electrons. The molecule has 162 valence electrons. The zero-order valence-electron chi connectivity index (χ0n) is 17.6. The van der Waals surface area contributed by atoms with Gasteiger partial charge in [-0.2, -0.15) is 0 Å². The maximum atomic E-state index is 13.1. The van der Waals surface area contributed by atoms with Gasteiger partial charge in [0.25, 0.3) is 5.56 Å². The third kappa shape index (κ3) is 4.95. The highest BCUT2D eigenvalue weighted by Crippen LogP contribution is 2.21. The smallest absolute Gasteiger partial charge is 0.318 e. The average Bonchev–Trinajstić information content (AvgIpc) is 3.27. The van der Waals surface area contributed by atoms with Crippen LogP contribution in [-0.2, 0) is 11.3 Å². The number of hydrogen-bond acceptors (Lipinski definition) is 4. The standard InChI is InChI=1S/C23H31N3O4/c1-29-19-10-9-16-12-17(22(27)25-21(16)13-19)14-26(15-20-8-5-11-30-20)23(28)24-18-6-3-2-4-7-18/h9-10,12-13,18,20H,2-8,11,14-15H2,1H3,(H,24,28)(H,25,27). The largest absolute Gasteiger partial charge is 0.497 e. The van der Waals surface area contributed by atoms with Gasteiger partial charge in [0.2, 0.25) is 0 Å². The molecular weight excluding hydrogens is 382 g/mol. The Bertz CT molecular complexity index is 930. The van der Waals surface area contributed by atoms with Crippen LogP contribution in [0.2, 0.25) is 0 Å². The van der Waals surface area contributed by atoms with Crippen molar-refractivity contribution in [2.24, 2.45) is 0 Å². The first-order valence-electron chi connectivity index (χ1n) is 11.0. The van der Waals surface area contributed by atoms with Crippen molar-refractivity contribution in [1.29, 1.82) is 0 Å². The monoisotopic (exact) mass is 413 g/mol. The lowest BCUT2D eigenvalue weighted by Crippen LogP contribution is -2.48. The van der Waals surface area contributed by atoms with Gasteiger partial charge in [0, 0.05) is 30.8 Å². The molecule has 2 fully saturated rings. The molecule has 1 aromatic carbocycles. The second-order valence-corrected chi connectivity index (χ2v) is 8.38. The summed E-state index contributed by atoms with van der Waals surface area (Å²) in [7, 11) is 1.60. The number of aromatic amines is 1. The van der Waals surface area contributed by atoms with E-state index < -0.39 is 0 Å². The van der Waals surface area contributed by atoms with E-state index in [1.165, 1.54) is 6.42 Å².